The molecule has 7 heteroatoms. The number of aromatic nitrogens is 4. The van der Waals surface area contributed by atoms with E-state index < -0.39 is 5.56 Å². The van der Waals surface area contributed by atoms with Crippen molar-refractivity contribution >= 4 is 21.9 Å². The van der Waals surface area contributed by atoms with Gasteiger partial charge in [-0.05, 0) is 42.3 Å². The van der Waals surface area contributed by atoms with Crippen molar-refractivity contribution < 1.29 is 4.74 Å². The fourth-order valence-corrected chi connectivity index (χ4v) is 2.97. The Balaban J connectivity index is 1.93. The van der Waals surface area contributed by atoms with Crippen molar-refractivity contribution in [2.24, 2.45) is 0 Å². The van der Waals surface area contributed by atoms with Crippen LogP contribution >= 0.6 is 0 Å². The van der Waals surface area contributed by atoms with Gasteiger partial charge in [-0.15, -0.1) is 5.10 Å². The van der Waals surface area contributed by atoms with Crippen molar-refractivity contribution in [2.75, 3.05) is 7.11 Å². The van der Waals surface area contributed by atoms with Crippen LogP contribution in [-0.4, -0.2) is 27.1 Å². The number of hydrogen-bond acceptors (Lipinski definition) is 5. The number of hydrogen-bond donors (Lipinski definition) is 1. The van der Waals surface area contributed by atoms with Crippen molar-refractivity contribution in [3.8, 4) is 5.75 Å². The minimum absolute atomic E-state index is 0.0682. The molecule has 7 nitrogen and oxygen atoms in total. The fraction of sp³-hybridized carbons (Fsp3) is 0.158. The average molecular weight is 348 g/mol. The van der Waals surface area contributed by atoms with Gasteiger partial charge in [0, 0.05) is 5.39 Å². The summed E-state index contributed by atoms with van der Waals surface area (Å²) in [5.74, 6) is 0.741. The number of nitrogens with zero attached hydrogens (tertiary/aromatic N) is 3. The molecular formula is C19H16N4O3. The molecule has 1 N–H and O–H groups in total. The SMILES string of the molecule is COc1ccc(Cn2nnc3c(=O)c4ccc(C)cc4[nH]c(=O)c32)cc1. The van der Waals surface area contributed by atoms with E-state index in [1.807, 2.05) is 37.3 Å². The van der Waals surface area contributed by atoms with Crippen molar-refractivity contribution in [1.29, 1.82) is 0 Å². The second kappa shape index (κ2) is 6.11. The van der Waals surface area contributed by atoms with E-state index in [0.717, 1.165) is 16.9 Å². The lowest BCUT2D eigenvalue weighted by Gasteiger charge is -2.03. The first-order valence-electron chi connectivity index (χ1n) is 8.10. The Morgan fingerprint density at radius 1 is 1.12 bits per heavy atom. The van der Waals surface area contributed by atoms with Gasteiger partial charge in [-0.2, -0.15) is 0 Å². The van der Waals surface area contributed by atoms with Crippen LogP contribution in [-0.2, 0) is 6.54 Å². The highest BCUT2D eigenvalue weighted by molar-refractivity contribution is 5.87. The Morgan fingerprint density at radius 2 is 1.88 bits per heavy atom. The molecule has 0 fully saturated rings. The second-order valence-corrected chi connectivity index (χ2v) is 6.12. The highest BCUT2D eigenvalue weighted by Gasteiger charge is 2.14. The molecule has 0 saturated carbocycles. The Labute approximate surface area is 147 Å². The molecule has 26 heavy (non-hydrogen) atoms. The van der Waals surface area contributed by atoms with Gasteiger partial charge >= 0.3 is 0 Å². The zero-order valence-corrected chi connectivity index (χ0v) is 14.3. The summed E-state index contributed by atoms with van der Waals surface area (Å²) < 4.78 is 6.59. The average Bonchev–Trinajstić information content (AvgIpc) is 3.01. The van der Waals surface area contributed by atoms with E-state index in [0.29, 0.717) is 17.4 Å². The molecule has 0 atom stereocenters. The lowest BCUT2D eigenvalue weighted by Crippen LogP contribution is -2.11. The second-order valence-electron chi connectivity index (χ2n) is 6.12. The van der Waals surface area contributed by atoms with E-state index in [4.69, 9.17) is 4.74 Å². The number of H-pyrrole nitrogens is 1. The van der Waals surface area contributed by atoms with Crippen LogP contribution in [0.4, 0.5) is 0 Å². The van der Waals surface area contributed by atoms with Gasteiger partial charge in [0.2, 0.25) is 5.43 Å². The molecule has 4 aromatic rings. The van der Waals surface area contributed by atoms with Crippen LogP contribution in [0.3, 0.4) is 0 Å². The van der Waals surface area contributed by atoms with Crippen LogP contribution in [0.5, 0.6) is 5.75 Å². The minimum Gasteiger partial charge on any atom is -0.497 e. The fourth-order valence-electron chi connectivity index (χ4n) is 2.97. The first-order valence-corrected chi connectivity index (χ1v) is 8.10. The van der Waals surface area contributed by atoms with Gasteiger partial charge in [0.15, 0.2) is 11.0 Å². The van der Waals surface area contributed by atoms with Gasteiger partial charge in [-0.1, -0.05) is 23.4 Å². The maximum absolute atomic E-state index is 12.8. The summed E-state index contributed by atoms with van der Waals surface area (Å²) in [6.45, 7) is 2.22. The van der Waals surface area contributed by atoms with Crippen molar-refractivity contribution in [2.45, 2.75) is 13.5 Å². The zero-order chi connectivity index (χ0) is 18.3. The Hall–Kier alpha value is -3.48. The largest absolute Gasteiger partial charge is 0.497 e. The minimum atomic E-state index is -0.392. The van der Waals surface area contributed by atoms with Crippen molar-refractivity contribution in [3.05, 3.63) is 74.2 Å². The highest BCUT2D eigenvalue weighted by atomic mass is 16.5. The monoisotopic (exact) mass is 348 g/mol. The van der Waals surface area contributed by atoms with E-state index in [2.05, 4.69) is 15.3 Å². The predicted molar refractivity (Wildman–Crippen MR) is 98.8 cm³/mol. The Kier molecular flexibility index (Phi) is 3.76. The molecule has 0 aliphatic heterocycles. The molecule has 4 rings (SSSR count). The molecule has 0 aliphatic carbocycles. The molecule has 0 radical (unpaired) electrons. The number of benzene rings is 2. The van der Waals surface area contributed by atoms with E-state index >= 15 is 0 Å². The first kappa shape index (κ1) is 16.0. The predicted octanol–water partition coefficient (Wildman–Crippen LogP) is 2.00. The molecule has 2 aromatic heterocycles. The zero-order valence-electron chi connectivity index (χ0n) is 14.3. The van der Waals surface area contributed by atoms with E-state index in [1.54, 1.807) is 19.2 Å². The Morgan fingerprint density at radius 3 is 2.62 bits per heavy atom. The summed E-state index contributed by atoms with van der Waals surface area (Å²) in [7, 11) is 1.60. The maximum atomic E-state index is 12.8. The molecule has 0 saturated heterocycles. The van der Waals surface area contributed by atoms with E-state index in [9.17, 15) is 9.59 Å². The number of aromatic amines is 1. The van der Waals surface area contributed by atoms with Crippen LogP contribution in [0.15, 0.2) is 52.1 Å². The van der Waals surface area contributed by atoms with Gasteiger partial charge in [-0.3, -0.25) is 9.59 Å². The topological polar surface area (TPSA) is 89.9 Å². The van der Waals surface area contributed by atoms with Gasteiger partial charge < -0.3 is 9.72 Å². The lowest BCUT2D eigenvalue weighted by atomic mass is 10.1. The van der Waals surface area contributed by atoms with Gasteiger partial charge in [0.1, 0.15) is 5.75 Å². The summed E-state index contributed by atoms with van der Waals surface area (Å²) in [4.78, 5) is 28.3. The molecule has 130 valence electrons. The number of rotatable bonds is 3. The van der Waals surface area contributed by atoms with Crippen LogP contribution in [0, 0.1) is 6.92 Å². The number of ether oxygens (including phenoxy) is 1. The van der Waals surface area contributed by atoms with E-state index in [-0.39, 0.29) is 16.5 Å². The van der Waals surface area contributed by atoms with Crippen LogP contribution in [0.25, 0.3) is 21.9 Å². The molecule has 0 aliphatic rings. The van der Waals surface area contributed by atoms with Crippen LogP contribution < -0.4 is 15.7 Å². The van der Waals surface area contributed by atoms with E-state index in [1.165, 1.54) is 4.68 Å². The van der Waals surface area contributed by atoms with Crippen molar-refractivity contribution in [3.63, 3.8) is 0 Å². The Bertz CT molecular complexity index is 1240. The van der Waals surface area contributed by atoms with Crippen LogP contribution in [0.2, 0.25) is 0 Å². The summed E-state index contributed by atoms with van der Waals surface area (Å²) in [6.07, 6.45) is 0. The summed E-state index contributed by atoms with van der Waals surface area (Å²) in [5, 5.41) is 8.42. The third-order valence-electron chi connectivity index (χ3n) is 4.32. The molecule has 0 spiro atoms. The lowest BCUT2D eigenvalue weighted by molar-refractivity contribution is 0.414. The molecule has 0 unspecified atom stereocenters. The van der Waals surface area contributed by atoms with Gasteiger partial charge in [0.05, 0.1) is 19.2 Å². The number of aryl methyl sites for hydroxylation is 1. The quantitative estimate of drug-likeness (QED) is 0.612. The standard InChI is InChI=1S/C19H16N4O3/c1-11-3-8-14-15(9-11)20-19(25)17-16(18(14)24)21-22-23(17)10-12-4-6-13(26-2)7-5-12/h3-9H,10H2,1-2H3,(H,20,25). The first-order chi connectivity index (χ1) is 12.6. The number of methoxy groups -OCH3 is 1. The van der Waals surface area contributed by atoms with Gasteiger partial charge in [-0.25, -0.2) is 4.68 Å². The van der Waals surface area contributed by atoms with Gasteiger partial charge in [0.25, 0.3) is 5.56 Å². The summed E-state index contributed by atoms with van der Waals surface area (Å²) in [6, 6.07) is 12.7. The number of fused-ring (bicyclic) bond motifs is 2. The number of nitrogens with one attached hydrogen (secondary N) is 1. The smallest absolute Gasteiger partial charge is 0.276 e. The third-order valence-corrected chi connectivity index (χ3v) is 4.32. The molecular weight excluding hydrogens is 332 g/mol. The molecule has 2 aromatic carbocycles. The summed E-state index contributed by atoms with van der Waals surface area (Å²) >= 11 is 0. The summed E-state index contributed by atoms with van der Waals surface area (Å²) in [5.41, 5.74) is 1.89. The molecule has 0 amide bonds. The third kappa shape index (κ3) is 2.63. The molecule has 2 heterocycles. The normalized spacial score (nSPS) is 11.2. The van der Waals surface area contributed by atoms with Crippen molar-refractivity contribution in [1.82, 2.24) is 20.0 Å². The molecule has 0 bridgehead atoms. The van der Waals surface area contributed by atoms with Crippen LogP contribution in [0.1, 0.15) is 11.1 Å². The highest BCUT2D eigenvalue weighted by Crippen LogP contribution is 2.14. The maximum Gasteiger partial charge on any atom is 0.276 e.